The number of rotatable bonds is 10. The maximum Gasteiger partial charge on any atom is 0.303 e. The second-order valence-electron chi connectivity index (χ2n) is 7.84. The van der Waals surface area contributed by atoms with E-state index < -0.39 is 18.0 Å². The molecule has 2 aromatic carbocycles. The summed E-state index contributed by atoms with van der Waals surface area (Å²) >= 11 is 6.28. The molecule has 0 atom stereocenters. The van der Waals surface area contributed by atoms with E-state index in [1.54, 1.807) is 37.6 Å². The van der Waals surface area contributed by atoms with Crippen molar-refractivity contribution in [3.05, 3.63) is 63.3 Å². The number of aryl methyl sites for hydroxylation is 1. The Kier molecular flexibility index (Phi) is 7.93. The van der Waals surface area contributed by atoms with E-state index in [-0.39, 0.29) is 52.3 Å². The predicted molar refractivity (Wildman–Crippen MR) is 135 cm³/mol. The van der Waals surface area contributed by atoms with Crippen LogP contribution in [0.25, 0.3) is 0 Å². The van der Waals surface area contributed by atoms with E-state index in [9.17, 15) is 19.5 Å². The van der Waals surface area contributed by atoms with Crippen LogP contribution in [0.1, 0.15) is 12.0 Å². The van der Waals surface area contributed by atoms with Gasteiger partial charge in [0.25, 0.3) is 5.69 Å². The molecule has 0 aliphatic carbocycles. The van der Waals surface area contributed by atoms with Crippen molar-refractivity contribution in [2.24, 2.45) is 0 Å². The monoisotopic (exact) mass is 519 g/mol. The van der Waals surface area contributed by atoms with E-state index in [1.807, 2.05) is 0 Å². The van der Waals surface area contributed by atoms with Crippen molar-refractivity contribution in [2.75, 3.05) is 31.1 Å². The summed E-state index contributed by atoms with van der Waals surface area (Å²) in [7, 11) is -1.22. The number of nitrogens with zero attached hydrogens (tertiary/aromatic N) is 3. The van der Waals surface area contributed by atoms with Crippen molar-refractivity contribution in [2.45, 2.75) is 12.8 Å². The minimum absolute atomic E-state index is 0.0358. The summed E-state index contributed by atoms with van der Waals surface area (Å²) in [4.78, 5) is 30.4. The lowest BCUT2D eigenvalue weighted by Crippen LogP contribution is -2.11. The van der Waals surface area contributed by atoms with Gasteiger partial charge >= 0.3 is 5.97 Å². The van der Waals surface area contributed by atoms with Crippen LogP contribution in [0.2, 0.25) is 5.02 Å². The fraction of sp³-hybridized carbons (Fsp3) is 0.227. The van der Waals surface area contributed by atoms with Crippen molar-refractivity contribution in [3.8, 4) is 5.75 Å². The molecule has 184 valence electrons. The van der Waals surface area contributed by atoms with Gasteiger partial charge in [-0.1, -0.05) is 23.7 Å². The zero-order valence-electron chi connectivity index (χ0n) is 19.1. The Labute approximate surface area is 206 Å². The van der Waals surface area contributed by atoms with Gasteiger partial charge in [-0.2, -0.15) is 4.98 Å². The molecule has 0 aliphatic heterocycles. The fourth-order valence-corrected chi connectivity index (χ4v) is 4.59. The number of carbonyl (C=O) groups is 1. The first-order valence-corrected chi connectivity index (χ1v) is 13.3. The van der Waals surface area contributed by atoms with E-state index in [2.05, 4.69) is 20.6 Å². The zero-order valence-corrected chi connectivity index (χ0v) is 20.8. The largest absolute Gasteiger partial charge is 0.495 e. The van der Waals surface area contributed by atoms with E-state index in [0.717, 1.165) is 0 Å². The fourth-order valence-electron chi connectivity index (χ4n) is 3.30. The minimum Gasteiger partial charge on any atom is -0.495 e. The zero-order chi connectivity index (χ0) is 25.8. The molecule has 0 fully saturated rings. The molecule has 3 aromatic rings. The lowest BCUT2D eigenvalue weighted by molar-refractivity contribution is -0.385. The second-order valence-corrected chi connectivity index (χ2v) is 11.4. The number of aliphatic carboxylic acids is 1. The van der Waals surface area contributed by atoms with Crippen LogP contribution in [0.4, 0.5) is 28.8 Å². The highest BCUT2D eigenvalue weighted by Gasteiger charge is 2.21. The summed E-state index contributed by atoms with van der Waals surface area (Å²) in [6.45, 7) is 3.31. The van der Waals surface area contributed by atoms with Crippen LogP contribution in [0.5, 0.6) is 5.75 Å². The van der Waals surface area contributed by atoms with Gasteiger partial charge in [0.05, 0.1) is 29.6 Å². The van der Waals surface area contributed by atoms with Gasteiger partial charge in [-0.05, 0) is 37.9 Å². The normalized spacial score (nSPS) is 11.1. The number of hydrogen-bond acceptors (Lipinski definition) is 9. The molecule has 0 aliphatic rings. The lowest BCUT2D eigenvalue weighted by Gasteiger charge is -2.16. The Bertz CT molecular complexity index is 1330. The first-order chi connectivity index (χ1) is 16.5. The molecule has 1 heterocycles. The van der Waals surface area contributed by atoms with Gasteiger partial charge in [0.2, 0.25) is 5.95 Å². The number of hydrogen-bond donors (Lipinski definition) is 3. The van der Waals surface area contributed by atoms with Crippen molar-refractivity contribution < 1.29 is 24.1 Å². The van der Waals surface area contributed by atoms with Crippen molar-refractivity contribution >= 4 is 58.8 Å². The third kappa shape index (κ3) is 6.46. The SMILES string of the molecule is COc1cc(CCC(=O)O)c([N+](=O)[O-])cc1Nc1ncc(Cl)c(Nc2ccccc2P(C)(C)=O)n1. The van der Waals surface area contributed by atoms with Crippen molar-refractivity contribution in [3.63, 3.8) is 0 Å². The van der Waals surface area contributed by atoms with Gasteiger partial charge in [0, 0.05) is 23.4 Å². The summed E-state index contributed by atoms with van der Waals surface area (Å²) in [5, 5.41) is 27.3. The Morgan fingerprint density at radius 3 is 2.57 bits per heavy atom. The number of ether oxygens (including phenoxy) is 1. The molecule has 0 amide bonds. The Morgan fingerprint density at radius 2 is 1.94 bits per heavy atom. The standard InChI is InChI=1S/C22H23ClN5O6P/c1-34-18-10-13(8-9-20(29)30)17(28(31)32)11-16(18)26-22-24-12-14(23)21(27-22)25-15-6-4-5-7-19(15)35(2,3)33/h4-7,10-12H,8-9H2,1-3H3,(H,29,30)(H2,24,25,26,27). The first kappa shape index (κ1) is 25.9. The molecule has 0 spiro atoms. The highest BCUT2D eigenvalue weighted by Crippen LogP contribution is 2.39. The average molecular weight is 520 g/mol. The number of aromatic nitrogens is 2. The third-order valence-electron chi connectivity index (χ3n) is 4.93. The number of halogens is 1. The number of carboxylic acids is 1. The Hall–Kier alpha value is -3.69. The van der Waals surface area contributed by atoms with E-state index in [0.29, 0.717) is 11.0 Å². The number of para-hydroxylation sites is 1. The third-order valence-corrected chi connectivity index (χ3v) is 6.76. The number of nitro groups is 1. The van der Waals surface area contributed by atoms with Gasteiger partial charge in [-0.3, -0.25) is 14.9 Å². The molecule has 3 rings (SSSR count). The second kappa shape index (κ2) is 10.7. The number of nitrogens with one attached hydrogen (secondary N) is 2. The predicted octanol–water partition coefficient (Wildman–Crippen LogP) is 4.80. The molecule has 0 saturated carbocycles. The van der Waals surface area contributed by atoms with Crippen LogP contribution < -0.4 is 20.7 Å². The molecular weight excluding hydrogens is 497 g/mol. The quantitative estimate of drug-likeness (QED) is 0.193. The first-order valence-electron chi connectivity index (χ1n) is 10.3. The number of nitro benzene ring substituents is 1. The summed E-state index contributed by atoms with van der Waals surface area (Å²) in [5.41, 5.74) is 0.735. The van der Waals surface area contributed by atoms with Gasteiger partial charge in [-0.15, -0.1) is 0 Å². The van der Waals surface area contributed by atoms with Gasteiger partial charge < -0.3 is 25.0 Å². The molecule has 1 aromatic heterocycles. The molecule has 0 radical (unpaired) electrons. The summed E-state index contributed by atoms with van der Waals surface area (Å²) < 4.78 is 18.0. The highest BCUT2D eigenvalue weighted by atomic mass is 35.5. The average Bonchev–Trinajstić information content (AvgIpc) is 2.79. The number of carboxylic acid groups (broad SMARTS) is 1. The number of methoxy groups -OCH3 is 1. The maximum atomic E-state index is 12.7. The maximum absolute atomic E-state index is 12.7. The van der Waals surface area contributed by atoms with Crippen LogP contribution in [0, 0.1) is 10.1 Å². The van der Waals surface area contributed by atoms with E-state index in [1.165, 1.54) is 25.4 Å². The van der Waals surface area contributed by atoms with Crippen molar-refractivity contribution in [1.82, 2.24) is 9.97 Å². The Balaban J connectivity index is 1.96. The molecule has 3 N–H and O–H groups in total. The Morgan fingerprint density at radius 1 is 1.23 bits per heavy atom. The van der Waals surface area contributed by atoms with E-state index in [4.69, 9.17) is 21.4 Å². The van der Waals surface area contributed by atoms with Crippen LogP contribution in [-0.2, 0) is 15.8 Å². The number of anilines is 4. The van der Waals surface area contributed by atoms with Crippen molar-refractivity contribution in [1.29, 1.82) is 0 Å². The topological polar surface area (TPSA) is 157 Å². The summed E-state index contributed by atoms with van der Waals surface area (Å²) in [6.07, 6.45) is 1.05. The molecule has 0 saturated heterocycles. The molecule has 13 heteroatoms. The lowest BCUT2D eigenvalue weighted by atomic mass is 10.1. The molecule has 35 heavy (non-hydrogen) atoms. The molecule has 0 unspecified atom stereocenters. The van der Waals surface area contributed by atoms with Gasteiger partial charge in [0.15, 0.2) is 5.82 Å². The smallest absolute Gasteiger partial charge is 0.303 e. The van der Waals surface area contributed by atoms with Gasteiger partial charge in [0.1, 0.15) is 17.9 Å². The van der Waals surface area contributed by atoms with Gasteiger partial charge in [-0.25, -0.2) is 4.98 Å². The molecular formula is C22H23ClN5O6P. The highest BCUT2D eigenvalue weighted by molar-refractivity contribution is 7.70. The van der Waals surface area contributed by atoms with Crippen LogP contribution in [0.15, 0.2) is 42.6 Å². The summed E-state index contributed by atoms with van der Waals surface area (Å²) in [5.74, 6) is -0.528. The van der Waals surface area contributed by atoms with Crippen LogP contribution in [-0.4, -0.2) is 46.4 Å². The van der Waals surface area contributed by atoms with Crippen LogP contribution in [0.3, 0.4) is 0 Å². The number of benzene rings is 2. The molecule has 0 bridgehead atoms. The van der Waals surface area contributed by atoms with E-state index >= 15 is 0 Å². The molecule has 11 nitrogen and oxygen atoms in total. The van der Waals surface area contributed by atoms with Crippen LogP contribution >= 0.6 is 18.7 Å². The minimum atomic E-state index is -2.60. The summed E-state index contributed by atoms with van der Waals surface area (Å²) in [6, 6.07) is 9.73.